The number of halogens is 1. The fourth-order valence-electron chi connectivity index (χ4n) is 1.94. The molecule has 2 aromatic rings. The lowest BCUT2D eigenvalue weighted by molar-refractivity contribution is -0.117. The van der Waals surface area contributed by atoms with Gasteiger partial charge in [-0.25, -0.2) is 0 Å². The van der Waals surface area contributed by atoms with Crippen LogP contribution in [-0.2, 0) is 11.2 Å². The number of phenolic OH excluding ortho intramolecular Hbond substituents is 1. The molecule has 0 bridgehead atoms. The van der Waals surface area contributed by atoms with Gasteiger partial charge in [-0.2, -0.15) is 0 Å². The molecule has 0 aliphatic carbocycles. The number of hydrogen-bond acceptors (Lipinski definition) is 3. The largest absolute Gasteiger partial charge is 0.508 e. The summed E-state index contributed by atoms with van der Waals surface area (Å²) in [4.78, 5) is 12.1. The quantitative estimate of drug-likeness (QED) is 0.794. The van der Waals surface area contributed by atoms with Crippen molar-refractivity contribution in [3.8, 4) is 5.75 Å². The van der Waals surface area contributed by atoms with Crippen LogP contribution < -0.4 is 11.1 Å². The smallest absolute Gasteiger partial charge is 0.241 e. The maximum absolute atomic E-state index is 12.1. The molecule has 21 heavy (non-hydrogen) atoms. The third kappa shape index (κ3) is 4.31. The zero-order chi connectivity index (χ0) is 15.4. The van der Waals surface area contributed by atoms with Gasteiger partial charge in [0.25, 0.3) is 0 Å². The van der Waals surface area contributed by atoms with Crippen LogP contribution >= 0.6 is 15.9 Å². The minimum absolute atomic E-state index is 0.195. The number of phenols is 1. The van der Waals surface area contributed by atoms with Crippen LogP contribution in [0.25, 0.3) is 0 Å². The van der Waals surface area contributed by atoms with Crippen LogP contribution in [0, 0.1) is 6.92 Å². The minimum atomic E-state index is -0.651. The van der Waals surface area contributed by atoms with E-state index >= 15 is 0 Å². The van der Waals surface area contributed by atoms with Crippen molar-refractivity contribution >= 4 is 27.5 Å². The summed E-state index contributed by atoms with van der Waals surface area (Å²) in [7, 11) is 0. The summed E-state index contributed by atoms with van der Waals surface area (Å²) in [6.07, 6.45) is 0.412. The fourth-order valence-corrected chi connectivity index (χ4v) is 2.28. The van der Waals surface area contributed by atoms with Gasteiger partial charge in [0, 0.05) is 4.47 Å². The molecule has 2 rings (SSSR count). The van der Waals surface area contributed by atoms with Crippen molar-refractivity contribution in [2.24, 2.45) is 5.73 Å². The molecule has 5 heteroatoms. The minimum Gasteiger partial charge on any atom is -0.508 e. The average Bonchev–Trinajstić information content (AvgIpc) is 2.45. The summed E-state index contributed by atoms with van der Waals surface area (Å²) in [5.74, 6) is -0.0464. The van der Waals surface area contributed by atoms with Gasteiger partial charge >= 0.3 is 0 Å². The molecule has 1 atom stereocenters. The number of nitrogens with two attached hydrogens (primary N) is 1. The third-order valence-electron chi connectivity index (χ3n) is 3.11. The molecule has 0 aromatic heterocycles. The summed E-state index contributed by atoms with van der Waals surface area (Å²) in [5, 5.41) is 12.1. The van der Waals surface area contributed by atoms with Crippen LogP contribution in [0.15, 0.2) is 46.9 Å². The van der Waals surface area contributed by atoms with E-state index in [0.29, 0.717) is 12.1 Å². The molecular formula is C16H17BrN2O2. The van der Waals surface area contributed by atoms with Gasteiger partial charge in [-0.15, -0.1) is 0 Å². The molecule has 4 N–H and O–H groups in total. The fraction of sp³-hybridized carbons (Fsp3) is 0.188. The highest BCUT2D eigenvalue weighted by molar-refractivity contribution is 9.10. The second-order valence-electron chi connectivity index (χ2n) is 4.95. The summed E-state index contributed by atoms with van der Waals surface area (Å²) in [5.41, 5.74) is 8.60. The Bertz CT molecular complexity index is 641. The van der Waals surface area contributed by atoms with Gasteiger partial charge in [0.1, 0.15) is 5.75 Å². The molecule has 0 fully saturated rings. The van der Waals surface area contributed by atoms with Crippen LogP contribution in [0.3, 0.4) is 0 Å². The monoisotopic (exact) mass is 348 g/mol. The molecule has 0 saturated carbocycles. The van der Waals surface area contributed by atoms with Gasteiger partial charge in [0.2, 0.25) is 5.91 Å². The first-order valence-corrected chi connectivity index (χ1v) is 7.35. The lowest BCUT2D eigenvalue weighted by atomic mass is 10.1. The highest BCUT2D eigenvalue weighted by atomic mass is 79.9. The van der Waals surface area contributed by atoms with Crippen molar-refractivity contribution in [2.45, 2.75) is 19.4 Å². The number of nitrogens with one attached hydrogen (secondary N) is 1. The number of anilines is 1. The SMILES string of the molecule is Cc1ccc(Br)c(NC(=O)C(N)Cc2ccc(O)cc2)c1. The molecule has 0 spiro atoms. The highest BCUT2D eigenvalue weighted by Crippen LogP contribution is 2.23. The molecule has 1 amide bonds. The van der Waals surface area contributed by atoms with Crippen molar-refractivity contribution in [1.82, 2.24) is 0 Å². The Balaban J connectivity index is 2.02. The first-order chi connectivity index (χ1) is 9.95. The molecule has 0 aliphatic heterocycles. The maximum Gasteiger partial charge on any atom is 0.241 e. The van der Waals surface area contributed by atoms with E-state index in [1.54, 1.807) is 24.3 Å². The molecule has 4 nitrogen and oxygen atoms in total. The van der Waals surface area contributed by atoms with Crippen LogP contribution in [0.5, 0.6) is 5.75 Å². The zero-order valence-electron chi connectivity index (χ0n) is 11.6. The molecule has 2 aromatic carbocycles. The number of aromatic hydroxyl groups is 1. The topological polar surface area (TPSA) is 75.4 Å². The van der Waals surface area contributed by atoms with Crippen molar-refractivity contribution in [3.63, 3.8) is 0 Å². The molecule has 0 radical (unpaired) electrons. The molecular weight excluding hydrogens is 332 g/mol. The van der Waals surface area contributed by atoms with E-state index in [0.717, 1.165) is 15.6 Å². The average molecular weight is 349 g/mol. The first-order valence-electron chi connectivity index (χ1n) is 6.56. The normalized spacial score (nSPS) is 12.0. The Labute approximate surface area is 132 Å². The van der Waals surface area contributed by atoms with Crippen molar-refractivity contribution in [2.75, 3.05) is 5.32 Å². The van der Waals surface area contributed by atoms with Crippen molar-refractivity contribution in [3.05, 3.63) is 58.1 Å². The molecule has 1 unspecified atom stereocenters. The lowest BCUT2D eigenvalue weighted by Gasteiger charge is -2.14. The predicted octanol–water partition coefficient (Wildman–Crippen LogP) is 2.97. The second kappa shape index (κ2) is 6.74. The number of hydrogen-bond donors (Lipinski definition) is 3. The molecule has 0 aliphatic rings. The number of benzene rings is 2. The Morgan fingerprint density at radius 3 is 2.62 bits per heavy atom. The standard InChI is InChI=1S/C16H17BrN2O2/c1-10-2-7-13(17)15(8-10)19-16(21)14(18)9-11-3-5-12(20)6-4-11/h2-8,14,20H,9,18H2,1H3,(H,19,21). The van der Waals surface area contributed by atoms with Crippen LogP contribution in [0.2, 0.25) is 0 Å². The summed E-state index contributed by atoms with van der Waals surface area (Å²) < 4.78 is 0.818. The first kappa shape index (κ1) is 15.5. The number of carbonyl (C=O) groups excluding carboxylic acids is 1. The van der Waals surface area contributed by atoms with E-state index < -0.39 is 6.04 Å². The third-order valence-corrected chi connectivity index (χ3v) is 3.80. The predicted molar refractivity (Wildman–Crippen MR) is 87.3 cm³/mol. The Morgan fingerprint density at radius 1 is 1.29 bits per heavy atom. The van der Waals surface area contributed by atoms with Gasteiger partial charge in [-0.3, -0.25) is 4.79 Å². The van der Waals surface area contributed by atoms with E-state index in [4.69, 9.17) is 5.73 Å². The molecule has 110 valence electrons. The Kier molecular flexibility index (Phi) is 4.98. The molecule has 0 saturated heterocycles. The van der Waals surface area contributed by atoms with Gasteiger partial charge in [-0.1, -0.05) is 18.2 Å². The van der Waals surface area contributed by atoms with Crippen LogP contribution in [0.4, 0.5) is 5.69 Å². The van der Waals surface area contributed by atoms with E-state index in [1.807, 2.05) is 25.1 Å². The van der Waals surface area contributed by atoms with E-state index in [2.05, 4.69) is 21.2 Å². The highest BCUT2D eigenvalue weighted by Gasteiger charge is 2.15. The van der Waals surface area contributed by atoms with E-state index in [-0.39, 0.29) is 11.7 Å². The van der Waals surface area contributed by atoms with E-state index in [9.17, 15) is 9.90 Å². The van der Waals surface area contributed by atoms with Crippen molar-refractivity contribution < 1.29 is 9.90 Å². The number of amides is 1. The summed E-state index contributed by atoms with van der Waals surface area (Å²) in [6, 6.07) is 11.7. The van der Waals surface area contributed by atoms with Crippen LogP contribution in [-0.4, -0.2) is 17.1 Å². The van der Waals surface area contributed by atoms with E-state index in [1.165, 1.54) is 0 Å². The maximum atomic E-state index is 12.1. The second-order valence-corrected chi connectivity index (χ2v) is 5.80. The van der Waals surface area contributed by atoms with Gasteiger partial charge < -0.3 is 16.2 Å². The Morgan fingerprint density at radius 2 is 1.95 bits per heavy atom. The van der Waals surface area contributed by atoms with Crippen LogP contribution in [0.1, 0.15) is 11.1 Å². The molecule has 0 heterocycles. The zero-order valence-corrected chi connectivity index (χ0v) is 13.2. The van der Waals surface area contributed by atoms with Gasteiger partial charge in [0.15, 0.2) is 0 Å². The van der Waals surface area contributed by atoms with Crippen molar-refractivity contribution in [1.29, 1.82) is 0 Å². The lowest BCUT2D eigenvalue weighted by Crippen LogP contribution is -2.37. The van der Waals surface area contributed by atoms with Gasteiger partial charge in [-0.05, 0) is 64.7 Å². The summed E-state index contributed by atoms with van der Waals surface area (Å²) in [6.45, 7) is 1.96. The summed E-state index contributed by atoms with van der Waals surface area (Å²) >= 11 is 3.40. The van der Waals surface area contributed by atoms with Gasteiger partial charge in [0.05, 0.1) is 11.7 Å². The number of carbonyl (C=O) groups is 1. The number of rotatable bonds is 4. The number of aryl methyl sites for hydroxylation is 1. The Hall–Kier alpha value is -1.85.